The van der Waals surface area contributed by atoms with Crippen molar-refractivity contribution in [2.45, 2.75) is 13.3 Å². The molecule has 0 aromatic heterocycles. The lowest BCUT2D eigenvalue weighted by molar-refractivity contribution is 0.421. The Morgan fingerprint density at radius 1 is 1.55 bits per heavy atom. The van der Waals surface area contributed by atoms with Crippen molar-refractivity contribution in [1.82, 2.24) is 0 Å². The van der Waals surface area contributed by atoms with Gasteiger partial charge in [0.1, 0.15) is 0 Å². The van der Waals surface area contributed by atoms with Gasteiger partial charge < -0.3 is 10.0 Å². The molecule has 1 rings (SSSR count). The minimum absolute atomic E-state index is 0.458. The molecule has 0 spiro atoms. The molecule has 1 aliphatic carbocycles. The molecular weight excluding hydrogens is 159 g/mol. The third kappa shape index (κ3) is 1.99. The summed E-state index contributed by atoms with van der Waals surface area (Å²) in [6, 6.07) is 0. The molecule has 0 saturated carbocycles. The highest BCUT2D eigenvalue weighted by atomic mass is 32.1. The van der Waals surface area contributed by atoms with E-state index in [4.69, 9.17) is 22.3 Å². The summed E-state index contributed by atoms with van der Waals surface area (Å²) in [5.74, 6) is 0. The Bertz CT molecular complexity index is 243. The van der Waals surface area contributed by atoms with Crippen molar-refractivity contribution < 1.29 is 10.0 Å². The predicted molar refractivity (Wildman–Crippen MR) is 49.2 cm³/mol. The Balaban J connectivity index is 2.90. The Kier molecular flexibility index (Phi) is 2.60. The highest BCUT2D eigenvalue weighted by Crippen LogP contribution is 2.15. The average Bonchev–Trinajstić information content (AvgIpc) is 1.94. The van der Waals surface area contributed by atoms with Crippen LogP contribution in [0.15, 0.2) is 23.2 Å². The van der Waals surface area contributed by atoms with E-state index in [0.717, 1.165) is 5.57 Å². The molecule has 11 heavy (non-hydrogen) atoms. The number of rotatable bonds is 1. The highest BCUT2D eigenvalue weighted by molar-refractivity contribution is 7.81. The fourth-order valence-electron chi connectivity index (χ4n) is 0.975. The lowest BCUT2D eigenvalue weighted by atomic mass is 9.74. The number of hydrogen-bond acceptors (Lipinski definition) is 3. The van der Waals surface area contributed by atoms with Gasteiger partial charge in [-0.1, -0.05) is 29.9 Å². The minimum atomic E-state index is -1.42. The van der Waals surface area contributed by atoms with Crippen LogP contribution in [0.1, 0.15) is 13.3 Å². The second-order valence-corrected chi connectivity index (χ2v) is 3.04. The first-order valence-electron chi connectivity index (χ1n) is 3.39. The summed E-state index contributed by atoms with van der Waals surface area (Å²) < 4.78 is 0. The Hall–Kier alpha value is -0.445. The summed E-state index contributed by atoms with van der Waals surface area (Å²) in [6.07, 6.45) is 4.31. The molecule has 0 atom stereocenters. The summed E-state index contributed by atoms with van der Waals surface area (Å²) in [5, 5.41) is 17.7. The van der Waals surface area contributed by atoms with Crippen LogP contribution < -0.4 is 0 Å². The minimum Gasteiger partial charge on any atom is -0.423 e. The van der Waals surface area contributed by atoms with Crippen molar-refractivity contribution in [3.8, 4) is 0 Å². The zero-order chi connectivity index (χ0) is 8.43. The van der Waals surface area contributed by atoms with Crippen LogP contribution in [0.25, 0.3) is 0 Å². The summed E-state index contributed by atoms with van der Waals surface area (Å²) in [5.41, 5.74) is 1.49. The van der Waals surface area contributed by atoms with E-state index in [0.29, 0.717) is 16.8 Å². The van der Waals surface area contributed by atoms with Gasteiger partial charge in [0.25, 0.3) is 0 Å². The quantitative estimate of drug-likeness (QED) is 0.446. The third-order valence-corrected chi connectivity index (χ3v) is 2.00. The first-order chi connectivity index (χ1) is 5.11. The van der Waals surface area contributed by atoms with Crippen molar-refractivity contribution >= 4 is 24.2 Å². The molecule has 0 aromatic rings. The third-order valence-electron chi connectivity index (χ3n) is 1.59. The normalized spacial score (nSPS) is 17.5. The molecule has 0 unspecified atom stereocenters. The van der Waals surface area contributed by atoms with Crippen molar-refractivity contribution in [3.63, 3.8) is 0 Å². The molecule has 58 valence electrons. The zero-order valence-corrected chi connectivity index (χ0v) is 7.06. The van der Waals surface area contributed by atoms with Gasteiger partial charge in [-0.15, -0.1) is 0 Å². The molecule has 4 heteroatoms. The number of allylic oxidation sites excluding steroid dienone is 4. The fourth-order valence-corrected chi connectivity index (χ4v) is 1.22. The van der Waals surface area contributed by atoms with Crippen molar-refractivity contribution in [3.05, 3.63) is 23.2 Å². The van der Waals surface area contributed by atoms with Crippen LogP contribution in [-0.2, 0) is 0 Å². The smallest absolute Gasteiger partial charge is 0.423 e. The monoisotopic (exact) mass is 168 g/mol. The maximum atomic E-state index is 8.84. The van der Waals surface area contributed by atoms with Gasteiger partial charge >= 0.3 is 7.12 Å². The predicted octanol–water partition coefficient (Wildman–Crippen LogP) is 0.645. The molecule has 0 fully saturated rings. The van der Waals surface area contributed by atoms with E-state index in [2.05, 4.69) is 0 Å². The molecule has 1 aliphatic rings. The van der Waals surface area contributed by atoms with E-state index in [-0.39, 0.29) is 0 Å². The van der Waals surface area contributed by atoms with Crippen LogP contribution in [0.5, 0.6) is 0 Å². The van der Waals surface area contributed by atoms with Gasteiger partial charge in [0.05, 0.1) is 0 Å². The largest absolute Gasteiger partial charge is 0.489 e. The molecule has 0 radical (unpaired) electrons. The van der Waals surface area contributed by atoms with Crippen LogP contribution in [0.2, 0.25) is 0 Å². The van der Waals surface area contributed by atoms with E-state index in [1.165, 1.54) is 0 Å². The van der Waals surface area contributed by atoms with Gasteiger partial charge in [-0.2, -0.15) is 0 Å². The molecule has 0 saturated heterocycles. The first kappa shape index (κ1) is 8.65. The van der Waals surface area contributed by atoms with Gasteiger partial charge in [-0.05, 0) is 12.4 Å². The van der Waals surface area contributed by atoms with E-state index in [9.17, 15) is 0 Å². The molecule has 0 amide bonds. The molecule has 2 N–H and O–H groups in total. The SMILES string of the molecule is CC1=CCC(=S)C(B(O)O)=C1. The Labute approximate surface area is 71.4 Å². The van der Waals surface area contributed by atoms with E-state index in [1.807, 2.05) is 13.0 Å². The van der Waals surface area contributed by atoms with Gasteiger partial charge in [0.2, 0.25) is 0 Å². The van der Waals surface area contributed by atoms with Crippen LogP contribution in [0.4, 0.5) is 0 Å². The van der Waals surface area contributed by atoms with Crippen LogP contribution in [-0.4, -0.2) is 22.0 Å². The van der Waals surface area contributed by atoms with Crippen LogP contribution >= 0.6 is 12.2 Å². The molecule has 0 bridgehead atoms. The lowest BCUT2D eigenvalue weighted by Crippen LogP contribution is -2.22. The molecular formula is C7H9BO2S. The Morgan fingerprint density at radius 3 is 2.64 bits per heavy atom. The summed E-state index contributed by atoms with van der Waals surface area (Å²) in [6.45, 7) is 1.91. The highest BCUT2D eigenvalue weighted by Gasteiger charge is 2.20. The summed E-state index contributed by atoms with van der Waals surface area (Å²) in [7, 11) is -1.42. The van der Waals surface area contributed by atoms with E-state index < -0.39 is 7.12 Å². The average molecular weight is 168 g/mol. The van der Waals surface area contributed by atoms with Gasteiger partial charge in [0.15, 0.2) is 0 Å². The molecule has 2 nitrogen and oxygen atoms in total. The van der Waals surface area contributed by atoms with E-state index >= 15 is 0 Å². The summed E-state index contributed by atoms with van der Waals surface area (Å²) >= 11 is 4.92. The number of hydrogen-bond donors (Lipinski definition) is 2. The maximum absolute atomic E-state index is 8.84. The van der Waals surface area contributed by atoms with Crippen molar-refractivity contribution in [1.29, 1.82) is 0 Å². The number of thiocarbonyl (C=S) groups is 1. The summed E-state index contributed by atoms with van der Waals surface area (Å²) in [4.78, 5) is 0.616. The fraction of sp³-hybridized carbons (Fsp3) is 0.286. The van der Waals surface area contributed by atoms with E-state index in [1.54, 1.807) is 6.08 Å². The topological polar surface area (TPSA) is 40.5 Å². The maximum Gasteiger partial charge on any atom is 0.489 e. The lowest BCUT2D eigenvalue weighted by Gasteiger charge is -2.11. The van der Waals surface area contributed by atoms with Gasteiger partial charge in [-0.25, -0.2) is 0 Å². The first-order valence-corrected chi connectivity index (χ1v) is 3.80. The van der Waals surface area contributed by atoms with Crippen molar-refractivity contribution in [2.75, 3.05) is 0 Å². The van der Waals surface area contributed by atoms with Crippen molar-refractivity contribution in [2.24, 2.45) is 0 Å². The van der Waals surface area contributed by atoms with Crippen LogP contribution in [0.3, 0.4) is 0 Å². The second-order valence-electron chi connectivity index (χ2n) is 2.55. The molecule has 0 aliphatic heterocycles. The van der Waals surface area contributed by atoms with Gasteiger partial charge in [0, 0.05) is 11.3 Å². The molecule has 0 aromatic carbocycles. The van der Waals surface area contributed by atoms with Crippen LogP contribution in [0, 0.1) is 0 Å². The Morgan fingerprint density at radius 2 is 2.18 bits per heavy atom. The second kappa shape index (κ2) is 3.30. The zero-order valence-electron chi connectivity index (χ0n) is 6.24. The van der Waals surface area contributed by atoms with Gasteiger partial charge in [-0.3, -0.25) is 0 Å². The standard InChI is InChI=1S/C7H9BO2S/c1-5-2-3-7(11)6(4-5)8(9)10/h2,4,9-10H,3H2,1H3. The molecule has 0 heterocycles.